The molecule has 0 aliphatic heterocycles. The maximum absolute atomic E-state index is 12.0. The highest BCUT2D eigenvalue weighted by Crippen LogP contribution is 2.26. The zero-order chi connectivity index (χ0) is 19.2. The third kappa shape index (κ3) is 5.01. The van der Waals surface area contributed by atoms with Crippen molar-refractivity contribution in [3.8, 4) is 5.75 Å². The van der Waals surface area contributed by atoms with Crippen LogP contribution in [0.3, 0.4) is 0 Å². The molecule has 1 heterocycles. The van der Waals surface area contributed by atoms with Gasteiger partial charge in [-0.3, -0.25) is 9.59 Å². The third-order valence-electron chi connectivity index (χ3n) is 3.94. The summed E-state index contributed by atoms with van der Waals surface area (Å²) < 4.78 is 15.6. The number of esters is 1. The number of halogens is 1. The number of hydrogen-bond acceptors (Lipinski definition) is 5. The lowest BCUT2D eigenvalue weighted by Crippen LogP contribution is -2.28. The van der Waals surface area contributed by atoms with Gasteiger partial charge < -0.3 is 19.2 Å². The van der Waals surface area contributed by atoms with Gasteiger partial charge in [-0.1, -0.05) is 23.7 Å². The van der Waals surface area contributed by atoms with Gasteiger partial charge in [0.25, 0.3) is 5.91 Å². The van der Waals surface area contributed by atoms with Crippen molar-refractivity contribution in [2.24, 2.45) is 0 Å². The quantitative estimate of drug-likeness (QED) is 0.628. The van der Waals surface area contributed by atoms with Crippen molar-refractivity contribution < 1.29 is 23.5 Å². The predicted octanol–water partition coefficient (Wildman–Crippen LogP) is 3.50. The zero-order valence-corrected chi connectivity index (χ0v) is 15.4. The minimum absolute atomic E-state index is 0.0148. The van der Waals surface area contributed by atoms with E-state index in [1.54, 1.807) is 37.4 Å². The average Bonchev–Trinajstić information content (AvgIpc) is 3.06. The van der Waals surface area contributed by atoms with Gasteiger partial charge in [0.05, 0.1) is 19.8 Å². The first-order chi connectivity index (χ1) is 13.0. The van der Waals surface area contributed by atoms with E-state index in [2.05, 4.69) is 5.32 Å². The van der Waals surface area contributed by atoms with Crippen molar-refractivity contribution in [1.29, 1.82) is 0 Å². The van der Waals surface area contributed by atoms with Crippen molar-refractivity contribution >= 4 is 34.4 Å². The van der Waals surface area contributed by atoms with Gasteiger partial charge >= 0.3 is 5.97 Å². The molecule has 27 heavy (non-hydrogen) atoms. The Bertz CT molecular complexity index is 966. The van der Waals surface area contributed by atoms with Gasteiger partial charge in [-0.15, -0.1) is 0 Å². The van der Waals surface area contributed by atoms with Crippen LogP contribution in [0.15, 0.2) is 53.1 Å². The minimum atomic E-state index is -0.508. The Balaban J connectivity index is 1.48. The standard InChI is InChI=1S/C20H18ClNO5/c1-25-16-5-6-17-14(11-26-18(17)9-16)8-20(24)27-12-19(23)22-10-13-3-2-4-15(21)7-13/h2-7,9,11H,8,10,12H2,1H3,(H,22,23). The monoisotopic (exact) mass is 387 g/mol. The maximum atomic E-state index is 12.0. The van der Waals surface area contributed by atoms with Gasteiger partial charge in [0.2, 0.25) is 0 Å². The molecule has 0 fully saturated rings. The molecule has 7 heteroatoms. The predicted molar refractivity (Wildman–Crippen MR) is 101 cm³/mol. The number of benzene rings is 2. The number of amides is 1. The lowest BCUT2D eigenvalue weighted by molar-refractivity contribution is -0.147. The number of nitrogens with one attached hydrogen (secondary N) is 1. The Morgan fingerprint density at radius 2 is 2.04 bits per heavy atom. The van der Waals surface area contributed by atoms with Crippen LogP contribution in [-0.4, -0.2) is 25.6 Å². The molecule has 0 atom stereocenters. The molecule has 3 rings (SSSR count). The molecule has 2 aromatic carbocycles. The van der Waals surface area contributed by atoms with E-state index in [1.807, 2.05) is 12.1 Å². The van der Waals surface area contributed by atoms with E-state index in [0.29, 0.717) is 28.5 Å². The molecule has 0 spiro atoms. The lowest BCUT2D eigenvalue weighted by atomic mass is 10.1. The van der Waals surface area contributed by atoms with E-state index >= 15 is 0 Å². The smallest absolute Gasteiger partial charge is 0.310 e. The number of hydrogen-bond donors (Lipinski definition) is 1. The van der Waals surface area contributed by atoms with Crippen molar-refractivity contribution in [3.05, 3.63) is 64.9 Å². The number of carbonyl (C=O) groups excluding carboxylic acids is 2. The van der Waals surface area contributed by atoms with Crippen LogP contribution in [-0.2, 0) is 27.3 Å². The third-order valence-corrected chi connectivity index (χ3v) is 4.18. The summed E-state index contributed by atoms with van der Waals surface area (Å²) in [7, 11) is 1.57. The Labute approximate surface area is 161 Å². The van der Waals surface area contributed by atoms with Crippen LogP contribution >= 0.6 is 11.6 Å². The summed E-state index contributed by atoms with van der Waals surface area (Å²) in [6.07, 6.45) is 1.52. The van der Waals surface area contributed by atoms with Crippen LogP contribution in [0.1, 0.15) is 11.1 Å². The Kier molecular flexibility index (Phi) is 5.98. The number of rotatable bonds is 7. The zero-order valence-electron chi connectivity index (χ0n) is 14.7. The normalized spacial score (nSPS) is 10.6. The second-order valence-corrected chi connectivity index (χ2v) is 6.30. The van der Waals surface area contributed by atoms with Crippen molar-refractivity contribution in [3.63, 3.8) is 0 Å². The first-order valence-corrected chi connectivity index (χ1v) is 8.64. The number of carbonyl (C=O) groups is 2. The van der Waals surface area contributed by atoms with E-state index in [-0.39, 0.29) is 18.9 Å². The summed E-state index contributed by atoms with van der Waals surface area (Å²) in [5.41, 5.74) is 2.18. The maximum Gasteiger partial charge on any atom is 0.310 e. The molecule has 0 aliphatic carbocycles. The summed E-state index contributed by atoms with van der Waals surface area (Å²) in [5, 5.41) is 4.07. The van der Waals surface area contributed by atoms with E-state index in [0.717, 1.165) is 10.9 Å². The molecule has 1 amide bonds. The van der Waals surface area contributed by atoms with Gasteiger partial charge in [-0.25, -0.2) is 0 Å². The van der Waals surface area contributed by atoms with E-state index in [4.69, 9.17) is 25.5 Å². The largest absolute Gasteiger partial charge is 0.497 e. The molecule has 1 aromatic heterocycles. The number of fused-ring (bicyclic) bond motifs is 1. The van der Waals surface area contributed by atoms with Crippen LogP contribution in [0.5, 0.6) is 5.75 Å². The van der Waals surface area contributed by atoms with Crippen molar-refractivity contribution in [2.45, 2.75) is 13.0 Å². The van der Waals surface area contributed by atoms with Crippen LogP contribution < -0.4 is 10.1 Å². The molecule has 0 unspecified atom stereocenters. The fourth-order valence-electron chi connectivity index (χ4n) is 2.58. The highest BCUT2D eigenvalue weighted by Gasteiger charge is 2.13. The van der Waals surface area contributed by atoms with Crippen LogP contribution in [0.4, 0.5) is 0 Å². The number of ether oxygens (including phenoxy) is 2. The fourth-order valence-corrected chi connectivity index (χ4v) is 2.79. The van der Waals surface area contributed by atoms with Crippen LogP contribution in [0.25, 0.3) is 11.0 Å². The number of methoxy groups -OCH3 is 1. The molecule has 6 nitrogen and oxygen atoms in total. The van der Waals surface area contributed by atoms with E-state index < -0.39 is 5.97 Å². The number of furan rings is 1. The molecule has 0 aliphatic rings. The van der Waals surface area contributed by atoms with E-state index in [9.17, 15) is 9.59 Å². The highest BCUT2D eigenvalue weighted by atomic mass is 35.5. The summed E-state index contributed by atoms with van der Waals surface area (Å²) in [4.78, 5) is 23.9. The van der Waals surface area contributed by atoms with Gasteiger partial charge in [0.15, 0.2) is 6.61 Å². The van der Waals surface area contributed by atoms with Gasteiger partial charge in [0, 0.05) is 28.6 Å². The molecule has 1 N–H and O–H groups in total. The molecular formula is C20H18ClNO5. The van der Waals surface area contributed by atoms with Crippen LogP contribution in [0.2, 0.25) is 5.02 Å². The Morgan fingerprint density at radius 1 is 1.19 bits per heavy atom. The molecule has 0 saturated heterocycles. The molecule has 140 valence electrons. The topological polar surface area (TPSA) is 77.8 Å². The second kappa shape index (κ2) is 8.60. The van der Waals surface area contributed by atoms with Crippen molar-refractivity contribution in [1.82, 2.24) is 5.32 Å². The van der Waals surface area contributed by atoms with Crippen LogP contribution in [0, 0.1) is 0 Å². The van der Waals surface area contributed by atoms with Gasteiger partial charge in [0.1, 0.15) is 11.3 Å². The summed E-state index contributed by atoms with van der Waals surface area (Å²) in [6.45, 7) is -0.0336. The molecular weight excluding hydrogens is 370 g/mol. The fraction of sp³-hybridized carbons (Fsp3) is 0.200. The first-order valence-electron chi connectivity index (χ1n) is 8.26. The van der Waals surface area contributed by atoms with Gasteiger partial charge in [-0.2, -0.15) is 0 Å². The summed E-state index contributed by atoms with van der Waals surface area (Å²) in [5.74, 6) is -0.223. The lowest BCUT2D eigenvalue weighted by Gasteiger charge is -2.07. The SMILES string of the molecule is COc1ccc2c(CC(=O)OCC(=O)NCc3cccc(Cl)c3)coc2c1. The molecule has 3 aromatic rings. The first kappa shape index (κ1) is 18.8. The second-order valence-electron chi connectivity index (χ2n) is 5.87. The average molecular weight is 388 g/mol. The minimum Gasteiger partial charge on any atom is -0.497 e. The molecule has 0 bridgehead atoms. The molecule has 0 radical (unpaired) electrons. The van der Waals surface area contributed by atoms with Gasteiger partial charge in [-0.05, 0) is 29.8 Å². The Hall–Kier alpha value is -2.99. The Morgan fingerprint density at radius 3 is 2.81 bits per heavy atom. The van der Waals surface area contributed by atoms with E-state index in [1.165, 1.54) is 6.26 Å². The van der Waals surface area contributed by atoms with Crippen molar-refractivity contribution in [2.75, 3.05) is 13.7 Å². The summed E-state index contributed by atoms with van der Waals surface area (Å²) >= 11 is 5.89. The molecule has 0 saturated carbocycles. The highest BCUT2D eigenvalue weighted by molar-refractivity contribution is 6.30. The summed E-state index contributed by atoms with van der Waals surface area (Å²) in [6, 6.07) is 12.5.